The Hall–Kier alpha value is -3.03. The van der Waals surface area contributed by atoms with Gasteiger partial charge in [-0.05, 0) is 30.3 Å². The van der Waals surface area contributed by atoms with Crippen molar-refractivity contribution in [3.63, 3.8) is 0 Å². The van der Waals surface area contributed by atoms with E-state index in [2.05, 4.69) is 10.6 Å². The molecule has 1 aliphatic heterocycles. The summed E-state index contributed by atoms with van der Waals surface area (Å²) in [6.45, 7) is 0.650. The maximum atomic E-state index is 13.0. The molecular weight excluding hydrogens is 337 g/mol. The Morgan fingerprint density at radius 1 is 1.16 bits per heavy atom. The highest BCUT2D eigenvalue weighted by molar-refractivity contribution is 6.06. The monoisotopic (exact) mass is 350 g/mol. The first-order valence-corrected chi connectivity index (χ1v) is 7.39. The van der Waals surface area contributed by atoms with Crippen molar-refractivity contribution in [3.05, 3.63) is 59.2 Å². The summed E-state index contributed by atoms with van der Waals surface area (Å²) in [5, 5.41) is 5.00. The van der Waals surface area contributed by atoms with E-state index >= 15 is 0 Å². The summed E-state index contributed by atoms with van der Waals surface area (Å²) in [4.78, 5) is 24.2. The molecule has 0 fully saturated rings. The van der Waals surface area contributed by atoms with Gasteiger partial charge < -0.3 is 15.4 Å². The second-order valence-corrected chi connectivity index (χ2v) is 5.31. The Kier molecular flexibility index (Phi) is 4.35. The largest absolute Gasteiger partial charge is 0.491 e. The van der Waals surface area contributed by atoms with E-state index in [9.17, 15) is 22.8 Å². The van der Waals surface area contributed by atoms with Crippen molar-refractivity contribution < 1.29 is 27.5 Å². The zero-order chi connectivity index (χ0) is 18.0. The Balaban J connectivity index is 1.89. The minimum atomic E-state index is -4.64. The van der Waals surface area contributed by atoms with Gasteiger partial charge in [-0.2, -0.15) is 13.2 Å². The SMILES string of the molecule is O=C1NCCOc2ccc(NC(=O)c3ccccc3C(F)(F)F)cc21. The van der Waals surface area contributed by atoms with Crippen LogP contribution in [0.3, 0.4) is 0 Å². The Bertz CT molecular complexity index is 834. The maximum absolute atomic E-state index is 13.0. The Morgan fingerprint density at radius 2 is 1.92 bits per heavy atom. The van der Waals surface area contributed by atoms with Crippen LogP contribution in [0.4, 0.5) is 18.9 Å². The number of halogens is 3. The van der Waals surface area contributed by atoms with Crippen LogP contribution in [0, 0.1) is 0 Å². The number of amides is 2. The first kappa shape index (κ1) is 16.8. The number of benzene rings is 2. The molecule has 2 N–H and O–H groups in total. The van der Waals surface area contributed by atoms with Crippen LogP contribution in [0.25, 0.3) is 0 Å². The van der Waals surface area contributed by atoms with E-state index in [1.807, 2.05) is 0 Å². The number of hydrogen-bond donors (Lipinski definition) is 2. The fourth-order valence-corrected chi connectivity index (χ4v) is 2.46. The summed E-state index contributed by atoms with van der Waals surface area (Å²) in [7, 11) is 0. The van der Waals surface area contributed by atoms with Gasteiger partial charge in [0.25, 0.3) is 11.8 Å². The number of anilines is 1. The summed E-state index contributed by atoms with van der Waals surface area (Å²) in [5.41, 5.74) is -1.12. The number of carbonyl (C=O) groups is 2. The molecule has 25 heavy (non-hydrogen) atoms. The van der Waals surface area contributed by atoms with Crippen LogP contribution in [-0.4, -0.2) is 25.0 Å². The summed E-state index contributed by atoms with van der Waals surface area (Å²) in [6.07, 6.45) is -4.64. The predicted octanol–water partition coefficient (Wildman–Crippen LogP) is 3.08. The topological polar surface area (TPSA) is 67.4 Å². The second kappa shape index (κ2) is 6.46. The van der Waals surface area contributed by atoms with Gasteiger partial charge in [-0.15, -0.1) is 0 Å². The standard InChI is InChI=1S/C17H13F3N2O3/c18-17(19,20)13-4-2-1-3-11(13)16(24)22-10-5-6-14-12(9-10)15(23)21-7-8-25-14/h1-6,9H,7-8H2,(H,21,23)(H,22,24). The molecule has 2 aromatic rings. The number of hydrogen-bond acceptors (Lipinski definition) is 3. The third-order valence-corrected chi connectivity index (χ3v) is 3.60. The van der Waals surface area contributed by atoms with Crippen molar-refractivity contribution in [3.8, 4) is 5.75 Å². The van der Waals surface area contributed by atoms with Crippen molar-refractivity contribution in [1.29, 1.82) is 0 Å². The quantitative estimate of drug-likeness (QED) is 0.875. The molecule has 3 rings (SSSR count). The Labute approximate surface area is 140 Å². The number of alkyl halides is 3. The van der Waals surface area contributed by atoms with Gasteiger partial charge in [-0.3, -0.25) is 9.59 Å². The van der Waals surface area contributed by atoms with Gasteiger partial charge in [-0.1, -0.05) is 12.1 Å². The highest BCUT2D eigenvalue weighted by atomic mass is 19.4. The molecule has 8 heteroatoms. The molecule has 5 nitrogen and oxygen atoms in total. The highest BCUT2D eigenvalue weighted by Gasteiger charge is 2.34. The van der Waals surface area contributed by atoms with Gasteiger partial charge in [0, 0.05) is 5.69 Å². The molecular formula is C17H13F3N2O3. The molecule has 1 heterocycles. The molecule has 0 aromatic heterocycles. The van der Waals surface area contributed by atoms with Crippen LogP contribution in [-0.2, 0) is 6.18 Å². The lowest BCUT2D eigenvalue weighted by Gasteiger charge is -2.13. The lowest BCUT2D eigenvalue weighted by molar-refractivity contribution is -0.137. The first-order valence-electron chi connectivity index (χ1n) is 7.39. The van der Waals surface area contributed by atoms with E-state index in [1.165, 1.54) is 30.3 Å². The normalized spacial score (nSPS) is 14.0. The van der Waals surface area contributed by atoms with Crippen LogP contribution in [0.2, 0.25) is 0 Å². The van der Waals surface area contributed by atoms with E-state index in [4.69, 9.17) is 4.74 Å². The number of nitrogens with one attached hydrogen (secondary N) is 2. The molecule has 0 aliphatic carbocycles. The third-order valence-electron chi connectivity index (χ3n) is 3.60. The summed E-state index contributed by atoms with van der Waals surface area (Å²) < 4.78 is 44.4. The summed E-state index contributed by atoms with van der Waals surface area (Å²) in [5.74, 6) is -0.939. The number of rotatable bonds is 2. The molecule has 0 spiro atoms. The lowest BCUT2D eigenvalue weighted by atomic mass is 10.1. The second-order valence-electron chi connectivity index (χ2n) is 5.31. The molecule has 0 saturated heterocycles. The van der Waals surface area contributed by atoms with Gasteiger partial charge in [0.15, 0.2) is 0 Å². The van der Waals surface area contributed by atoms with Crippen molar-refractivity contribution in [1.82, 2.24) is 5.32 Å². The molecule has 0 unspecified atom stereocenters. The van der Waals surface area contributed by atoms with Crippen molar-refractivity contribution in [2.45, 2.75) is 6.18 Å². The van der Waals surface area contributed by atoms with E-state index in [0.29, 0.717) is 18.9 Å². The molecule has 0 atom stereocenters. The van der Waals surface area contributed by atoms with Crippen LogP contribution < -0.4 is 15.4 Å². The zero-order valence-corrected chi connectivity index (χ0v) is 12.8. The maximum Gasteiger partial charge on any atom is 0.417 e. The van der Waals surface area contributed by atoms with Crippen molar-refractivity contribution in [2.24, 2.45) is 0 Å². The van der Waals surface area contributed by atoms with Gasteiger partial charge in [0.05, 0.1) is 23.2 Å². The smallest absolute Gasteiger partial charge is 0.417 e. The first-order chi connectivity index (χ1) is 11.9. The van der Waals surface area contributed by atoms with Gasteiger partial charge in [-0.25, -0.2) is 0 Å². The Morgan fingerprint density at radius 3 is 2.68 bits per heavy atom. The van der Waals surface area contributed by atoms with Crippen LogP contribution in [0.1, 0.15) is 26.3 Å². The minimum absolute atomic E-state index is 0.196. The van der Waals surface area contributed by atoms with E-state index in [0.717, 1.165) is 12.1 Å². The minimum Gasteiger partial charge on any atom is -0.491 e. The summed E-state index contributed by atoms with van der Waals surface area (Å²) >= 11 is 0. The fraction of sp³-hybridized carbons (Fsp3) is 0.176. The van der Waals surface area contributed by atoms with Crippen LogP contribution >= 0.6 is 0 Å². The van der Waals surface area contributed by atoms with E-state index in [1.54, 1.807) is 0 Å². The predicted molar refractivity (Wildman–Crippen MR) is 83.7 cm³/mol. The van der Waals surface area contributed by atoms with Crippen molar-refractivity contribution in [2.75, 3.05) is 18.5 Å². The molecule has 2 aromatic carbocycles. The molecule has 0 bridgehead atoms. The number of carbonyl (C=O) groups excluding carboxylic acids is 2. The van der Waals surface area contributed by atoms with Crippen LogP contribution in [0.15, 0.2) is 42.5 Å². The highest BCUT2D eigenvalue weighted by Crippen LogP contribution is 2.32. The molecule has 130 valence electrons. The number of ether oxygens (including phenoxy) is 1. The van der Waals surface area contributed by atoms with Crippen LogP contribution in [0.5, 0.6) is 5.75 Å². The van der Waals surface area contributed by atoms with E-state index in [-0.39, 0.29) is 17.2 Å². The number of fused-ring (bicyclic) bond motifs is 1. The summed E-state index contributed by atoms with van der Waals surface area (Å²) in [6, 6.07) is 8.82. The lowest BCUT2D eigenvalue weighted by Crippen LogP contribution is -2.24. The fourth-order valence-electron chi connectivity index (χ4n) is 2.46. The zero-order valence-electron chi connectivity index (χ0n) is 12.8. The van der Waals surface area contributed by atoms with E-state index < -0.39 is 23.2 Å². The molecule has 0 saturated carbocycles. The molecule has 2 amide bonds. The molecule has 1 aliphatic rings. The third kappa shape index (κ3) is 3.57. The van der Waals surface area contributed by atoms with Crippen molar-refractivity contribution >= 4 is 17.5 Å². The van der Waals surface area contributed by atoms with Gasteiger partial charge in [0.2, 0.25) is 0 Å². The average Bonchev–Trinajstić information content (AvgIpc) is 2.76. The van der Waals surface area contributed by atoms with Gasteiger partial charge in [0.1, 0.15) is 12.4 Å². The van der Waals surface area contributed by atoms with Gasteiger partial charge >= 0.3 is 6.18 Å². The molecule has 0 radical (unpaired) electrons. The average molecular weight is 350 g/mol.